The van der Waals surface area contributed by atoms with Gasteiger partial charge in [0.05, 0.1) is 4.92 Å². The number of hydrogen-bond donors (Lipinski definition) is 1. The van der Waals surface area contributed by atoms with Gasteiger partial charge >= 0.3 is 0 Å². The minimum absolute atomic E-state index is 0.150. The van der Waals surface area contributed by atoms with Gasteiger partial charge in [0.25, 0.3) is 11.6 Å². The van der Waals surface area contributed by atoms with Crippen LogP contribution >= 0.6 is 0 Å². The second-order valence-corrected chi connectivity index (χ2v) is 5.34. The molecule has 0 fully saturated rings. The van der Waals surface area contributed by atoms with E-state index in [0.717, 1.165) is 5.56 Å². The summed E-state index contributed by atoms with van der Waals surface area (Å²) in [6, 6.07) is 13.5. The molecule has 0 aliphatic carbocycles. The molecular weight excluding hydrogens is 296 g/mol. The van der Waals surface area contributed by atoms with Gasteiger partial charge in [-0.15, -0.1) is 0 Å². The molecule has 0 heterocycles. The number of nitro benzene ring substituents is 1. The van der Waals surface area contributed by atoms with Crippen molar-refractivity contribution in [3.8, 4) is 5.75 Å². The fraction of sp³-hybridized carbons (Fsp3) is 0.235. The number of carbonyl (C=O) groups excluding carboxylic acids is 1. The Labute approximate surface area is 134 Å². The average molecular weight is 314 g/mol. The van der Waals surface area contributed by atoms with Crippen molar-refractivity contribution in [2.24, 2.45) is 0 Å². The molecule has 0 saturated heterocycles. The average Bonchev–Trinajstić information content (AvgIpc) is 2.53. The van der Waals surface area contributed by atoms with Crippen LogP contribution in [0, 0.1) is 10.1 Å². The molecule has 0 unspecified atom stereocenters. The van der Waals surface area contributed by atoms with Crippen LogP contribution in [0.25, 0.3) is 0 Å². The molecular formula is C17H18N2O4. The fourth-order valence-corrected chi connectivity index (χ4v) is 2.04. The lowest BCUT2D eigenvalue weighted by Gasteiger charge is -2.10. The topological polar surface area (TPSA) is 81.5 Å². The number of nitrogens with zero attached hydrogens (tertiary/aromatic N) is 1. The Morgan fingerprint density at radius 3 is 2.65 bits per heavy atom. The quantitative estimate of drug-likeness (QED) is 0.650. The van der Waals surface area contributed by atoms with Crippen LogP contribution in [0.1, 0.15) is 25.3 Å². The van der Waals surface area contributed by atoms with Crippen molar-refractivity contribution in [2.75, 3.05) is 11.9 Å². The Kier molecular flexibility index (Phi) is 5.30. The van der Waals surface area contributed by atoms with Crippen molar-refractivity contribution in [3.05, 3.63) is 64.2 Å². The molecule has 23 heavy (non-hydrogen) atoms. The molecule has 0 atom stereocenters. The Bertz CT molecular complexity index is 713. The maximum atomic E-state index is 11.9. The van der Waals surface area contributed by atoms with Gasteiger partial charge in [0.15, 0.2) is 6.61 Å². The van der Waals surface area contributed by atoms with Crippen molar-refractivity contribution in [2.45, 2.75) is 19.8 Å². The first-order chi connectivity index (χ1) is 11.0. The second-order valence-electron chi connectivity index (χ2n) is 5.34. The van der Waals surface area contributed by atoms with Gasteiger partial charge in [0, 0.05) is 6.07 Å². The van der Waals surface area contributed by atoms with Gasteiger partial charge in [-0.25, -0.2) is 0 Å². The van der Waals surface area contributed by atoms with Gasteiger partial charge in [-0.3, -0.25) is 14.9 Å². The monoisotopic (exact) mass is 314 g/mol. The lowest BCUT2D eigenvalue weighted by Crippen LogP contribution is -2.20. The number of para-hydroxylation sites is 2. The van der Waals surface area contributed by atoms with Gasteiger partial charge in [-0.2, -0.15) is 0 Å². The van der Waals surface area contributed by atoms with Gasteiger partial charge in [0.2, 0.25) is 0 Å². The number of rotatable bonds is 6. The predicted octanol–water partition coefficient (Wildman–Crippen LogP) is 3.74. The number of nitro groups is 1. The normalized spacial score (nSPS) is 10.4. The van der Waals surface area contributed by atoms with E-state index in [2.05, 4.69) is 19.2 Å². The van der Waals surface area contributed by atoms with E-state index < -0.39 is 10.8 Å². The van der Waals surface area contributed by atoms with Crippen molar-refractivity contribution in [1.29, 1.82) is 0 Å². The zero-order valence-corrected chi connectivity index (χ0v) is 13.0. The highest BCUT2D eigenvalue weighted by molar-refractivity contribution is 5.94. The second kappa shape index (κ2) is 7.40. The predicted molar refractivity (Wildman–Crippen MR) is 87.8 cm³/mol. The van der Waals surface area contributed by atoms with Gasteiger partial charge in [-0.05, 0) is 29.7 Å². The Morgan fingerprint density at radius 2 is 1.96 bits per heavy atom. The van der Waals surface area contributed by atoms with Gasteiger partial charge in [-0.1, -0.05) is 38.1 Å². The molecule has 120 valence electrons. The van der Waals surface area contributed by atoms with E-state index in [4.69, 9.17) is 4.74 Å². The van der Waals surface area contributed by atoms with Crippen LogP contribution < -0.4 is 10.1 Å². The largest absolute Gasteiger partial charge is 0.484 e. The number of benzene rings is 2. The Morgan fingerprint density at radius 1 is 1.22 bits per heavy atom. The molecule has 0 aromatic heterocycles. The summed E-state index contributed by atoms with van der Waals surface area (Å²) in [7, 11) is 0. The molecule has 0 aliphatic heterocycles. The third-order valence-electron chi connectivity index (χ3n) is 3.27. The summed E-state index contributed by atoms with van der Waals surface area (Å²) in [5.41, 5.74) is 1.12. The summed E-state index contributed by atoms with van der Waals surface area (Å²) >= 11 is 0. The van der Waals surface area contributed by atoms with Crippen LogP contribution in [0.5, 0.6) is 5.75 Å². The lowest BCUT2D eigenvalue weighted by atomic mass is 10.0. The molecule has 1 N–H and O–H groups in total. The molecule has 6 heteroatoms. The van der Waals surface area contributed by atoms with E-state index in [-0.39, 0.29) is 18.0 Å². The first kappa shape index (κ1) is 16.5. The maximum absolute atomic E-state index is 11.9. The maximum Gasteiger partial charge on any atom is 0.292 e. The van der Waals surface area contributed by atoms with Crippen molar-refractivity contribution in [1.82, 2.24) is 0 Å². The Balaban J connectivity index is 1.98. The number of anilines is 1. The molecule has 2 rings (SSSR count). The minimum atomic E-state index is -0.539. The minimum Gasteiger partial charge on any atom is -0.484 e. The van der Waals surface area contributed by atoms with E-state index in [9.17, 15) is 14.9 Å². The molecule has 6 nitrogen and oxygen atoms in total. The highest BCUT2D eigenvalue weighted by Gasteiger charge is 2.15. The van der Waals surface area contributed by atoms with Crippen molar-refractivity contribution in [3.63, 3.8) is 0 Å². The third kappa shape index (κ3) is 4.54. The highest BCUT2D eigenvalue weighted by Crippen LogP contribution is 2.23. The standard InChI is InChI=1S/C17H18N2O4/c1-12(2)13-6-5-7-14(10-13)23-11-17(20)18-15-8-3-4-9-16(15)19(21)22/h3-10,12H,11H2,1-2H3,(H,18,20). The molecule has 0 saturated carbocycles. The van der Waals surface area contributed by atoms with Crippen LogP contribution in [0.2, 0.25) is 0 Å². The van der Waals surface area contributed by atoms with Gasteiger partial charge < -0.3 is 10.1 Å². The molecule has 0 bridgehead atoms. The lowest BCUT2D eigenvalue weighted by molar-refractivity contribution is -0.383. The third-order valence-corrected chi connectivity index (χ3v) is 3.27. The van der Waals surface area contributed by atoms with Gasteiger partial charge in [0.1, 0.15) is 11.4 Å². The van der Waals surface area contributed by atoms with Crippen LogP contribution in [0.3, 0.4) is 0 Å². The van der Waals surface area contributed by atoms with Crippen molar-refractivity contribution < 1.29 is 14.5 Å². The zero-order valence-electron chi connectivity index (χ0n) is 13.0. The zero-order chi connectivity index (χ0) is 16.8. The molecule has 2 aromatic rings. The fourth-order valence-electron chi connectivity index (χ4n) is 2.04. The number of amides is 1. The van der Waals surface area contributed by atoms with Crippen molar-refractivity contribution >= 4 is 17.3 Å². The van der Waals surface area contributed by atoms with E-state index in [1.165, 1.54) is 12.1 Å². The summed E-state index contributed by atoms with van der Waals surface area (Å²) in [5.74, 6) is 0.502. The summed E-state index contributed by atoms with van der Waals surface area (Å²) in [5, 5.41) is 13.4. The molecule has 1 amide bonds. The molecule has 0 aliphatic rings. The van der Waals surface area contributed by atoms with E-state index in [1.807, 2.05) is 18.2 Å². The molecule has 0 radical (unpaired) electrons. The summed E-state index contributed by atoms with van der Waals surface area (Å²) in [6.45, 7) is 3.92. The number of carbonyl (C=O) groups is 1. The first-order valence-electron chi connectivity index (χ1n) is 7.23. The van der Waals surface area contributed by atoms with Crippen LogP contribution in [0.15, 0.2) is 48.5 Å². The SMILES string of the molecule is CC(C)c1cccc(OCC(=O)Nc2ccccc2[N+](=O)[O-])c1. The summed E-state index contributed by atoms with van der Waals surface area (Å²) in [6.07, 6.45) is 0. The number of hydrogen-bond acceptors (Lipinski definition) is 4. The molecule has 2 aromatic carbocycles. The number of nitrogens with one attached hydrogen (secondary N) is 1. The number of ether oxygens (including phenoxy) is 1. The summed E-state index contributed by atoms with van der Waals surface area (Å²) in [4.78, 5) is 22.3. The van der Waals surface area contributed by atoms with Crippen LogP contribution in [-0.2, 0) is 4.79 Å². The van der Waals surface area contributed by atoms with E-state index in [1.54, 1.807) is 18.2 Å². The first-order valence-corrected chi connectivity index (χ1v) is 7.23. The van der Waals surface area contributed by atoms with Crippen LogP contribution in [0.4, 0.5) is 11.4 Å². The highest BCUT2D eigenvalue weighted by atomic mass is 16.6. The Hall–Kier alpha value is -2.89. The van der Waals surface area contributed by atoms with E-state index in [0.29, 0.717) is 11.7 Å². The summed E-state index contributed by atoms with van der Waals surface area (Å²) < 4.78 is 5.45. The van der Waals surface area contributed by atoms with Crippen LogP contribution in [-0.4, -0.2) is 17.4 Å². The molecule has 0 spiro atoms. The smallest absolute Gasteiger partial charge is 0.292 e. The van der Waals surface area contributed by atoms with E-state index >= 15 is 0 Å².